The molecule has 0 atom stereocenters. The molecule has 98 valence electrons. The normalized spacial score (nSPS) is 10.4. The number of carboxylic acids is 1. The highest BCUT2D eigenvalue weighted by molar-refractivity contribution is 7.99. The predicted molar refractivity (Wildman–Crippen MR) is 77.8 cm³/mol. The Morgan fingerprint density at radius 3 is 2.53 bits per heavy atom. The molecule has 2 aromatic rings. The molecule has 0 heterocycles. The zero-order valence-corrected chi connectivity index (χ0v) is 11.8. The monoisotopic (exact) mass is 272 g/mol. The molecule has 0 unspecified atom stereocenters. The molecule has 0 saturated carbocycles. The van der Waals surface area contributed by atoms with Crippen LogP contribution in [-0.2, 0) is 11.2 Å². The Labute approximate surface area is 117 Å². The Morgan fingerprint density at radius 1 is 1.11 bits per heavy atom. The van der Waals surface area contributed by atoms with Crippen molar-refractivity contribution >= 4 is 17.7 Å². The smallest absolute Gasteiger partial charge is 0.307 e. The van der Waals surface area contributed by atoms with Crippen LogP contribution < -0.4 is 0 Å². The Hall–Kier alpha value is -1.74. The largest absolute Gasteiger partial charge is 0.481 e. The van der Waals surface area contributed by atoms with Gasteiger partial charge in [0.05, 0.1) is 6.42 Å². The van der Waals surface area contributed by atoms with Crippen molar-refractivity contribution in [2.24, 2.45) is 0 Å². The Bertz CT molecular complexity index is 605. The van der Waals surface area contributed by atoms with Gasteiger partial charge in [0, 0.05) is 9.79 Å². The molecule has 0 amide bonds. The number of hydrogen-bond acceptors (Lipinski definition) is 2. The highest BCUT2D eigenvalue weighted by atomic mass is 32.2. The lowest BCUT2D eigenvalue weighted by atomic mass is 10.1. The van der Waals surface area contributed by atoms with Gasteiger partial charge in [-0.2, -0.15) is 0 Å². The van der Waals surface area contributed by atoms with Crippen molar-refractivity contribution in [1.82, 2.24) is 0 Å². The molecule has 0 aliphatic rings. The van der Waals surface area contributed by atoms with Gasteiger partial charge in [-0.15, -0.1) is 0 Å². The minimum Gasteiger partial charge on any atom is -0.481 e. The fourth-order valence-electron chi connectivity index (χ4n) is 1.94. The van der Waals surface area contributed by atoms with E-state index in [1.165, 1.54) is 16.0 Å². The van der Waals surface area contributed by atoms with Gasteiger partial charge in [-0.3, -0.25) is 4.79 Å². The van der Waals surface area contributed by atoms with E-state index in [2.05, 4.69) is 32.0 Å². The number of aliphatic carboxylic acids is 1. The summed E-state index contributed by atoms with van der Waals surface area (Å²) in [6.07, 6.45) is 0.0636. The molecular formula is C16H16O2S. The van der Waals surface area contributed by atoms with E-state index in [1.807, 2.05) is 24.3 Å². The molecule has 19 heavy (non-hydrogen) atoms. The summed E-state index contributed by atoms with van der Waals surface area (Å²) in [4.78, 5) is 13.1. The third kappa shape index (κ3) is 3.61. The van der Waals surface area contributed by atoms with Gasteiger partial charge in [0.25, 0.3) is 0 Å². The third-order valence-electron chi connectivity index (χ3n) is 2.86. The molecule has 0 aromatic heterocycles. The van der Waals surface area contributed by atoms with Crippen LogP contribution in [0.2, 0.25) is 0 Å². The van der Waals surface area contributed by atoms with E-state index >= 15 is 0 Å². The van der Waals surface area contributed by atoms with Gasteiger partial charge < -0.3 is 5.11 Å². The van der Waals surface area contributed by atoms with Crippen molar-refractivity contribution in [3.8, 4) is 0 Å². The molecule has 0 saturated heterocycles. The van der Waals surface area contributed by atoms with Crippen LogP contribution in [0.25, 0.3) is 0 Å². The molecule has 1 N–H and O–H groups in total. The molecular weight excluding hydrogens is 256 g/mol. The average Bonchev–Trinajstić information content (AvgIpc) is 2.34. The van der Waals surface area contributed by atoms with Crippen LogP contribution >= 0.6 is 11.8 Å². The predicted octanol–water partition coefficient (Wildman–Crippen LogP) is 4.08. The van der Waals surface area contributed by atoms with Crippen LogP contribution in [0.15, 0.2) is 52.3 Å². The maximum atomic E-state index is 10.9. The summed E-state index contributed by atoms with van der Waals surface area (Å²) in [6.45, 7) is 4.15. The van der Waals surface area contributed by atoms with E-state index in [0.29, 0.717) is 0 Å². The first kappa shape index (κ1) is 13.7. The lowest BCUT2D eigenvalue weighted by Gasteiger charge is -2.10. The lowest BCUT2D eigenvalue weighted by molar-refractivity contribution is -0.136. The zero-order chi connectivity index (χ0) is 13.8. The summed E-state index contributed by atoms with van der Waals surface area (Å²) in [7, 11) is 0. The number of rotatable bonds is 4. The molecule has 0 aliphatic carbocycles. The van der Waals surface area contributed by atoms with Crippen molar-refractivity contribution in [3.05, 3.63) is 59.2 Å². The number of benzene rings is 2. The van der Waals surface area contributed by atoms with E-state index in [9.17, 15) is 4.79 Å². The van der Waals surface area contributed by atoms with E-state index in [4.69, 9.17) is 5.11 Å². The van der Waals surface area contributed by atoms with Crippen LogP contribution in [-0.4, -0.2) is 11.1 Å². The SMILES string of the molecule is Cc1ccc(Sc2ccccc2CC(=O)O)c(C)c1. The average molecular weight is 272 g/mol. The van der Waals surface area contributed by atoms with E-state index < -0.39 is 5.97 Å². The molecule has 0 aliphatic heterocycles. The summed E-state index contributed by atoms with van der Waals surface area (Å²) in [6, 6.07) is 14.0. The molecule has 2 aromatic carbocycles. The molecule has 0 fully saturated rings. The molecule has 2 nitrogen and oxygen atoms in total. The maximum Gasteiger partial charge on any atom is 0.307 e. The topological polar surface area (TPSA) is 37.3 Å². The summed E-state index contributed by atoms with van der Waals surface area (Å²) in [5, 5.41) is 8.94. The van der Waals surface area contributed by atoms with Gasteiger partial charge in [-0.25, -0.2) is 0 Å². The zero-order valence-electron chi connectivity index (χ0n) is 11.0. The Morgan fingerprint density at radius 2 is 1.84 bits per heavy atom. The first-order valence-electron chi connectivity index (χ1n) is 6.11. The second kappa shape index (κ2) is 5.93. The van der Waals surface area contributed by atoms with Crippen molar-refractivity contribution in [3.63, 3.8) is 0 Å². The summed E-state index contributed by atoms with van der Waals surface area (Å²) >= 11 is 1.63. The van der Waals surface area contributed by atoms with Crippen LogP contribution in [0.5, 0.6) is 0 Å². The summed E-state index contributed by atoms with van der Waals surface area (Å²) < 4.78 is 0. The first-order chi connectivity index (χ1) is 9.06. The van der Waals surface area contributed by atoms with Gasteiger partial charge in [0.2, 0.25) is 0 Å². The van der Waals surface area contributed by atoms with Gasteiger partial charge in [0.15, 0.2) is 0 Å². The highest BCUT2D eigenvalue weighted by Crippen LogP contribution is 2.33. The van der Waals surface area contributed by atoms with Crippen molar-refractivity contribution in [2.45, 2.75) is 30.1 Å². The van der Waals surface area contributed by atoms with Crippen LogP contribution in [0.1, 0.15) is 16.7 Å². The second-order valence-electron chi connectivity index (χ2n) is 4.55. The fraction of sp³-hybridized carbons (Fsp3) is 0.188. The van der Waals surface area contributed by atoms with E-state index in [0.717, 1.165) is 10.5 Å². The van der Waals surface area contributed by atoms with E-state index in [1.54, 1.807) is 11.8 Å². The summed E-state index contributed by atoms with van der Waals surface area (Å²) in [5.41, 5.74) is 3.32. The molecule has 0 bridgehead atoms. The minimum absolute atomic E-state index is 0.0636. The van der Waals surface area contributed by atoms with Crippen molar-refractivity contribution < 1.29 is 9.90 Å². The lowest BCUT2D eigenvalue weighted by Crippen LogP contribution is -2.01. The summed E-state index contributed by atoms with van der Waals surface area (Å²) in [5.74, 6) is -0.798. The van der Waals surface area contributed by atoms with Gasteiger partial charge in [-0.05, 0) is 37.1 Å². The van der Waals surface area contributed by atoms with Crippen molar-refractivity contribution in [1.29, 1.82) is 0 Å². The van der Waals surface area contributed by atoms with Gasteiger partial charge in [-0.1, -0.05) is 47.7 Å². The van der Waals surface area contributed by atoms with Gasteiger partial charge in [0.1, 0.15) is 0 Å². The van der Waals surface area contributed by atoms with E-state index in [-0.39, 0.29) is 6.42 Å². The number of hydrogen-bond donors (Lipinski definition) is 1. The Kier molecular flexibility index (Phi) is 4.27. The number of carbonyl (C=O) groups is 1. The van der Waals surface area contributed by atoms with Gasteiger partial charge >= 0.3 is 5.97 Å². The molecule has 0 radical (unpaired) electrons. The highest BCUT2D eigenvalue weighted by Gasteiger charge is 2.08. The quantitative estimate of drug-likeness (QED) is 0.911. The minimum atomic E-state index is -0.798. The van der Waals surface area contributed by atoms with Crippen LogP contribution in [0.4, 0.5) is 0 Å². The van der Waals surface area contributed by atoms with Crippen LogP contribution in [0.3, 0.4) is 0 Å². The number of carboxylic acid groups (broad SMARTS) is 1. The molecule has 2 rings (SSSR count). The number of aryl methyl sites for hydroxylation is 2. The first-order valence-corrected chi connectivity index (χ1v) is 6.92. The molecule has 3 heteroatoms. The standard InChI is InChI=1S/C16H16O2S/c1-11-7-8-14(12(2)9-11)19-15-6-4-3-5-13(15)10-16(17)18/h3-9H,10H2,1-2H3,(H,17,18). The second-order valence-corrected chi connectivity index (χ2v) is 5.63. The third-order valence-corrected chi connectivity index (χ3v) is 4.16. The Balaban J connectivity index is 2.30. The van der Waals surface area contributed by atoms with Crippen molar-refractivity contribution in [2.75, 3.05) is 0 Å². The fourth-order valence-corrected chi connectivity index (χ4v) is 2.96. The molecule has 0 spiro atoms. The van der Waals surface area contributed by atoms with Crippen LogP contribution in [0, 0.1) is 13.8 Å². The maximum absolute atomic E-state index is 10.9.